The van der Waals surface area contributed by atoms with Gasteiger partial charge in [0, 0.05) is 6.61 Å². The van der Waals surface area contributed by atoms with Gasteiger partial charge in [-0.25, -0.2) is 0 Å². The fourth-order valence-corrected chi connectivity index (χ4v) is 2.34. The third-order valence-electron chi connectivity index (χ3n) is 3.29. The molecule has 1 saturated carbocycles. The minimum Gasteiger partial charge on any atom is -0.394 e. The molecule has 2 N–H and O–H groups in total. The predicted molar refractivity (Wildman–Crippen MR) is 66.6 cm³/mol. The smallest absolute Gasteiger partial charge is 0.0697 e. The standard InChI is InChI=1S/C13H27NO2/c15-9-11-16-10-5-8-14-12-13-6-3-1-2-4-7-13/h13-15H,1-12H2. The molecule has 0 aromatic heterocycles. The van der Waals surface area contributed by atoms with Gasteiger partial charge in [-0.2, -0.15) is 0 Å². The highest BCUT2D eigenvalue weighted by Crippen LogP contribution is 2.21. The van der Waals surface area contributed by atoms with Crippen molar-refractivity contribution >= 4 is 0 Å². The van der Waals surface area contributed by atoms with Crippen LogP contribution in [0.5, 0.6) is 0 Å². The molecule has 3 heteroatoms. The van der Waals surface area contributed by atoms with E-state index in [0.717, 1.165) is 25.5 Å². The van der Waals surface area contributed by atoms with E-state index in [4.69, 9.17) is 9.84 Å². The van der Waals surface area contributed by atoms with E-state index in [0.29, 0.717) is 6.61 Å². The molecular formula is C13H27NO2. The van der Waals surface area contributed by atoms with E-state index in [9.17, 15) is 0 Å². The zero-order chi connectivity index (χ0) is 11.5. The van der Waals surface area contributed by atoms with Crippen LogP contribution in [-0.2, 0) is 4.74 Å². The van der Waals surface area contributed by atoms with Crippen LogP contribution in [0.2, 0.25) is 0 Å². The van der Waals surface area contributed by atoms with Crippen molar-refractivity contribution in [3.05, 3.63) is 0 Å². The Bertz CT molecular complexity index is 145. The van der Waals surface area contributed by atoms with Gasteiger partial charge in [-0.05, 0) is 38.3 Å². The molecule has 16 heavy (non-hydrogen) atoms. The van der Waals surface area contributed by atoms with Crippen molar-refractivity contribution in [1.82, 2.24) is 5.32 Å². The number of hydrogen-bond acceptors (Lipinski definition) is 3. The van der Waals surface area contributed by atoms with Gasteiger partial charge >= 0.3 is 0 Å². The second-order valence-corrected chi connectivity index (χ2v) is 4.75. The maximum Gasteiger partial charge on any atom is 0.0697 e. The normalized spacial score (nSPS) is 18.6. The molecule has 0 atom stereocenters. The molecule has 0 radical (unpaired) electrons. The Hall–Kier alpha value is -0.120. The van der Waals surface area contributed by atoms with Crippen LogP contribution in [0.15, 0.2) is 0 Å². The average molecular weight is 229 g/mol. The van der Waals surface area contributed by atoms with E-state index in [1.54, 1.807) is 0 Å². The highest BCUT2D eigenvalue weighted by Gasteiger charge is 2.10. The van der Waals surface area contributed by atoms with Crippen LogP contribution >= 0.6 is 0 Å². The maximum absolute atomic E-state index is 8.53. The van der Waals surface area contributed by atoms with Gasteiger partial charge in [0.25, 0.3) is 0 Å². The van der Waals surface area contributed by atoms with Crippen LogP contribution < -0.4 is 5.32 Å². The summed E-state index contributed by atoms with van der Waals surface area (Å²) in [7, 11) is 0. The van der Waals surface area contributed by atoms with E-state index in [2.05, 4.69) is 5.32 Å². The zero-order valence-electron chi connectivity index (χ0n) is 10.4. The molecular weight excluding hydrogens is 202 g/mol. The number of nitrogens with one attached hydrogen (secondary N) is 1. The molecule has 0 aromatic carbocycles. The molecule has 0 bridgehead atoms. The van der Waals surface area contributed by atoms with Gasteiger partial charge in [0.15, 0.2) is 0 Å². The Kier molecular flexibility index (Phi) is 8.77. The van der Waals surface area contributed by atoms with Gasteiger partial charge < -0.3 is 15.2 Å². The summed E-state index contributed by atoms with van der Waals surface area (Å²) in [4.78, 5) is 0. The van der Waals surface area contributed by atoms with Crippen LogP contribution in [0.1, 0.15) is 44.9 Å². The van der Waals surface area contributed by atoms with Gasteiger partial charge in [-0.15, -0.1) is 0 Å². The lowest BCUT2D eigenvalue weighted by molar-refractivity contribution is 0.0906. The largest absolute Gasteiger partial charge is 0.394 e. The Morgan fingerprint density at radius 3 is 2.50 bits per heavy atom. The van der Waals surface area contributed by atoms with Gasteiger partial charge in [0.05, 0.1) is 13.2 Å². The summed E-state index contributed by atoms with van der Waals surface area (Å²) in [6.07, 6.45) is 9.59. The average Bonchev–Trinajstić information content (AvgIpc) is 2.56. The SMILES string of the molecule is OCCOCCCNCC1CCCCCC1. The quantitative estimate of drug-likeness (QED) is 0.494. The molecule has 3 nitrogen and oxygen atoms in total. The first kappa shape index (κ1) is 13.9. The van der Waals surface area contributed by atoms with Crippen molar-refractivity contribution in [2.75, 3.05) is 32.9 Å². The van der Waals surface area contributed by atoms with Gasteiger partial charge in [0.2, 0.25) is 0 Å². The molecule has 96 valence electrons. The van der Waals surface area contributed by atoms with Crippen LogP contribution in [0.3, 0.4) is 0 Å². The summed E-state index contributed by atoms with van der Waals surface area (Å²) in [6, 6.07) is 0. The van der Waals surface area contributed by atoms with Gasteiger partial charge in [-0.1, -0.05) is 25.7 Å². The number of hydrogen-bond donors (Lipinski definition) is 2. The minimum absolute atomic E-state index is 0.134. The Labute approximate surface area is 99.6 Å². The predicted octanol–water partition coefficient (Wildman–Crippen LogP) is 1.95. The molecule has 0 aromatic rings. The molecule has 1 aliphatic carbocycles. The molecule has 1 fully saturated rings. The van der Waals surface area contributed by atoms with Gasteiger partial charge in [-0.3, -0.25) is 0 Å². The maximum atomic E-state index is 8.53. The van der Waals surface area contributed by atoms with Crippen LogP contribution in [0, 0.1) is 5.92 Å². The monoisotopic (exact) mass is 229 g/mol. The lowest BCUT2D eigenvalue weighted by atomic mass is 10.0. The van der Waals surface area contributed by atoms with Crippen LogP contribution in [0.4, 0.5) is 0 Å². The van der Waals surface area contributed by atoms with E-state index in [-0.39, 0.29) is 6.61 Å². The summed E-state index contributed by atoms with van der Waals surface area (Å²) in [5, 5.41) is 12.0. The van der Waals surface area contributed by atoms with Crippen molar-refractivity contribution in [2.45, 2.75) is 44.9 Å². The van der Waals surface area contributed by atoms with Gasteiger partial charge in [0.1, 0.15) is 0 Å². The van der Waals surface area contributed by atoms with Crippen LogP contribution in [0.25, 0.3) is 0 Å². The number of aliphatic hydroxyl groups excluding tert-OH is 1. The first-order chi connectivity index (χ1) is 7.93. The van der Waals surface area contributed by atoms with E-state index < -0.39 is 0 Å². The minimum atomic E-state index is 0.134. The highest BCUT2D eigenvalue weighted by atomic mass is 16.5. The van der Waals surface area contributed by atoms with E-state index >= 15 is 0 Å². The zero-order valence-corrected chi connectivity index (χ0v) is 10.4. The Morgan fingerprint density at radius 1 is 1.06 bits per heavy atom. The third kappa shape index (κ3) is 7.20. The number of rotatable bonds is 8. The molecule has 0 unspecified atom stereocenters. The molecule has 0 heterocycles. The highest BCUT2D eigenvalue weighted by molar-refractivity contribution is 4.66. The van der Waals surface area contributed by atoms with Crippen molar-refractivity contribution in [2.24, 2.45) is 5.92 Å². The fraction of sp³-hybridized carbons (Fsp3) is 1.00. The topological polar surface area (TPSA) is 41.5 Å². The van der Waals surface area contributed by atoms with E-state index in [1.807, 2.05) is 0 Å². The molecule has 0 spiro atoms. The summed E-state index contributed by atoms with van der Waals surface area (Å²) < 4.78 is 5.20. The molecule has 1 rings (SSSR count). The van der Waals surface area contributed by atoms with Crippen molar-refractivity contribution < 1.29 is 9.84 Å². The summed E-state index contributed by atoms with van der Waals surface area (Å²) in [5.41, 5.74) is 0. The number of aliphatic hydroxyl groups is 1. The first-order valence-corrected chi connectivity index (χ1v) is 6.83. The second kappa shape index (κ2) is 10.1. The lowest BCUT2D eigenvalue weighted by Gasteiger charge is -2.14. The second-order valence-electron chi connectivity index (χ2n) is 4.75. The first-order valence-electron chi connectivity index (χ1n) is 6.83. The van der Waals surface area contributed by atoms with Crippen molar-refractivity contribution in [3.63, 3.8) is 0 Å². The summed E-state index contributed by atoms with van der Waals surface area (Å²) >= 11 is 0. The number of ether oxygens (including phenoxy) is 1. The Balaban J connectivity index is 1.86. The molecule has 0 amide bonds. The third-order valence-corrected chi connectivity index (χ3v) is 3.29. The van der Waals surface area contributed by atoms with Crippen molar-refractivity contribution in [1.29, 1.82) is 0 Å². The van der Waals surface area contributed by atoms with Crippen molar-refractivity contribution in [3.8, 4) is 0 Å². The fourth-order valence-electron chi connectivity index (χ4n) is 2.34. The molecule has 1 aliphatic rings. The summed E-state index contributed by atoms with van der Waals surface area (Å²) in [6.45, 7) is 3.60. The van der Waals surface area contributed by atoms with E-state index in [1.165, 1.54) is 45.1 Å². The van der Waals surface area contributed by atoms with Crippen LogP contribution in [-0.4, -0.2) is 38.0 Å². The Morgan fingerprint density at radius 2 is 1.81 bits per heavy atom. The summed E-state index contributed by atoms with van der Waals surface area (Å²) in [5.74, 6) is 0.904. The molecule has 0 aliphatic heterocycles. The lowest BCUT2D eigenvalue weighted by Crippen LogP contribution is -2.24. The molecule has 0 saturated heterocycles.